The SMILES string of the molecule is CCCN(CC1CC1)C(=O)c1coc(COc2ccc3sc(C)nc3c2)n1. The Labute approximate surface area is 162 Å². The summed E-state index contributed by atoms with van der Waals surface area (Å²) in [5.74, 6) is 1.70. The monoisotopic (exact) mass is 385 g/mol. The van der Waals surface area contributed by atoms with Gasteiger partial charge in [-0.3, -0.25) is 4.79 Å². The van der Waals surface area contributed by atoms with Crippen LogP contribution < -0.4 is 4.74 Å². The maximum Gasteiger partial charge on any atom is 0.275 e. The molecule has 142 valence electrons. The number of thiazole rings is 1. The predicted octanol–water partition coefficient (Wildman–Crippen LogP) is 4.43. The van der Waals surface area contributed by atoms with Gasteiger partial charge >= 0.3 is 0 Å². The summed E-state index contributed by atoms with van der Waals surface area (Å²) in [6.45, 7) is 5.81. The first kappa shape index (κ1) is 18.0. The fourth-order valence-corrected chi connectivity index (χ4v) is 3.86. The lowest BCUT2D eigenvalue weighted by Crippen LogP contribution is -2.33. The van der Waals surface area contributed by atoms with Gasteiger partial charge in [0.05, 0.1) is 15.2 Å². The third kappa shape index (κ3) is 4.30. The van der Waals surface area contributed by atoms with E-state index in [2.05, 4.69) is 16.9 Å². The standard InChI is InChI=1S/C20H23N3O3S/c1-3-8-23(10-14-4-5-14)20(24)17-11-26-19(22-17)12-25-15-6-7-18-16(9-15)21-13(2)27-18/h6-7,9,11,14H,3-5,8,10,12H2,1-2H3. The molecule has 1 aliphatic carbocycles. The van der Waals surface area contributed by atoms with Gasteiger partial charge < -0.3 is 14.1 Å². The van der Waals surface area contributed by atoms with E-state index in [0.717, 1.165) is 34.7 Å². The highest BCUT2D eigenvalue weighted by atomic mass is 32.1. The Morgan fingerprint density at radius 3 is 3.00 bits per heavy atom. The quantitative estimate of drug-likeness (QED) is 0.574. The van der Waals surface area contributed by atoms with Crippen LogP contribution in [0.5, 0.6) is 5.75 Å². The topological polar surface area (TPSA) is 68.5 Å². The highest BCUT2D eigenvalue weighted by molar-refractivity contribution is 7.18. The average molecular weight is 385 g/mol. The molecule has 4 rings (SSSR count). The minimum Gasteiger partial charge on any atom is -0.484 e. The van der Waals surface area contributed by atoms with Gasteiger partial charge in [-0.1, -0.05) is 6.92 Å². The molecule has 2 aromatic heterocycles. The second-order valence-corrected chi connectivity index (χ2v) is 8.21. The van der Waals surface area contributed by atoms with E-state index in [4.69, 9.17) is 9.15 Å². The minimum absolute atomic E-state index is 0.0573. The number of hydrogen-bond acceptors (Lipinski definition) is 6. The molecule has 0 unspecified atom stereocenters. The van der Waals surface area contributed by atoms with Crippen LogP contribution in [0, 0.1) is 12.8 Å². The van der Waals surface area contributed by atoms with Crippen molar-refractivity contribution < 1.29 is 13.9 Å². The van der Waals surface area contributed by atoms with Gasteiger partial charge in [0.2, 0.25) is 5.89 Å². The van der Waals surface area contributed by atoms with Crippen molar-refractivity contribution in [3.05, 3.63) is 41.1 Å². The summed E-state index contributed by atoms with van der Waals surface area (Å²) in [5.41, 5.74) is 1.28. The number of amides is 1. The summed E-state index contributed by atoms with van der Waals surface area (Å²) in [5, 5.41) is 1.03. The molecule has 0 aliphatic heterocycles. The second kappa shape index (κ2) is 7.68. The third-order valence-electron chi connectivity index (χ3n) is 4.56. The number of fused-ring (bicyclic) bond motifs is 1. The molecule has 0 N–H and O–H groups in total. The first-order valence-electron chi connectivity index (χ1n) is 9.36. The van der Waals surface area contributed by atoms with Crippen LogP contribution in [-0.4, -0.2) is 33.9 Å². The number of aromatic nitrogens is 2. The van der Waals surface area contributed by atoms with Crippen LogP contribution in [0.4, 0.5) is 0 Å². The first-order chi connectivity index (χ1) is 13.1. The zero-order chi connectivity index (χ0) is 18.8. The van der Waals surface area contributed by atoms with Gasteiger partial charge in [-0.05, 0) is 44.2 Å². The van der Waals surface area contributed by atoms with Crippen molar-refractivity contribution in [1.82, 2.24) is 14.9 Å². The normalized spacial score (nSPS) is 13.9. The van der Waals surface area contributed by atoms with Gasteiger partial charge in [0.15, 0.2) is 12.3 Å². The summed E-state index contributed by atoms with van der Waals surface area (Å²) in [6, 6.07) is 5.82. The van der Waals surface area contributed by atoms with Gasteiger partial charge in [-0.15, -0.1) is 11.3 Å². The Hall–Kier alpha value is -2.41. The number of hydrogen-bond donors (Lipinski definition) is 0. The van der Waals surface area contributed by atoms with Crippen molar-refractivity contribution >= 4 is 27.5 Å². The molecule has 2 heterocycles. The van der Waals surface area contributed by atoms with Crippen LogP contribution in [0.2, 0.25) is 0 Å². The summed E-state index contributed by atoms with van der Waals surface area (Å²) >= 11 is 1.66. The molecule has 0 saturated heterocycles. The zero-order valence-electron chi connectivity index (χ0n) is 15.6. The number of nitrogens with zero attached hydrogens (tertiary/aromatic N) is 3. The molecule has 0 atom stereocenters. The van der Waals surface area contributed by atoms with Crippen LogP contribution in [0.1, 0.15) is 47.6 Å². The number of rotatable bonds is 8. The van der Waals surface area contributed by atoms with Crippen LogP contribution in [-0.2, 0) is 6.61 Å². The molecule has 0 spiro atoms. The van der Waals surface area contributed by atoms with Gasteiger partial charge in [-0.2, -0.15) is 0 Å². The molecule has 1 amide bonds. The Morgan fingerprint density at radius 1 is 1.37 bits per heavy atom. The zero-order valence-corrected chi connectivity index (χ0v) is 16.4. The minimum atomic E-state index is -0.0573. The summed E-state index contributed by atoms with van der Waals surface area (Å²) in [7, 11) is 0. The van der Waals surface area contributed by atoms with Crippen molar-refractivity contribution in [2.75, 3.05) is 13.1 Å². The molecule has 1 saturated carbocycles. The second-order valence-electron chi connectivity index (χ2n) is 6.97. The molecule has 7 heteroatoms. The van der Waals surface area contributed by atoms with Crippen molar-refractivity contribution in [3.63, 3.8) is 0 Å². The number of oxazole rings is 1. The van der Waals surface area contributed by atoms with E-state index < -0.39 is 0 Å². The average Bonchev–Trinajstić information content (AvgIpc) is 3.21. The van der Waals surface area contributed by atoms with Crippen molar-refractivity contribution in [2.24, 2.45) is 5.92 Å². The Kier molecular flexibility index (Phi) is 5.11. The van der Waals surface area contributed by atoms with E-state index >= 15 is 0 Å². The molecule has 0 bridgehead atoms. The van der Waals surface area contributed by atoms with E-state index in [1.165, 1.54) is 19.1 Å². The summed E-state index contributed by atoms with van der Waals surface area (Å²) in [4.78, 5) is 23.4. The highest BCUT2D eigenvalue weighted by Gasteiger charge is 2.28. The maximum atomic E-state index is 12.7. The molecule has 1 fully saturated rings. The fourth-order valence-electron chi connectivity index (χ4n) is 3.05. The van der Waals surface area contributed by atoms with Gasteiger partial charge in [0.25, 0.3) is 5.91 Å². The van der Waals surface area contributed by atoms with Crippen LogP contribution in [0.3, 0.4) is 0 Å². The summed E-state index contributed by atoms with van der Waals surface area (Å²) < 4.78 is 12.4. The molecule has 1 aromatic carbocycles. The lowest BCUT2D eigenvalue weighted by Gasteiger charge is -2.20. The fraction of sp³-hybridized carbons (Fsp3) is 0.450. The number of carbonyl (C=O) groups excluding carboxylic acids is 1. The number of aryl methyl sites for hydroxylation is 1. The molecular weight excluding hydrogens is 362 g/mol. The van der Waals surface area contributed by atoms with Crippen molar-refractivity contribution in [3.8, 4) is 5.75 Å². The smallest absolute Gasteiger partial charge is 0.275 e. The third-order valence-corrected chi connectivity index (χ3v) is 5.51. The van der Waals surface area contributed by atoms with Crippen LogP contribution in [0.15, 0.2) is 28.9 Å². The van der Waals surface area contributed by atoms with Gasteiger partial charge in [0.1, 0.15) is 12.0 Å². The Bertz CT molecular complexity index is 945. The van der Waals surface area contributed by atoms with Gasteiger partial charge in [-0.25, -0.2) is 9.97 Å². The molecule has 0 radical (unpaired) electrons. The van der Waals surface area contributed by atoms with E-state index in [9.17, 15) is 4.79 Å². The lowest BCUT2D eigenvalue weighted by atomic mass is 10.3. The van der Waals surface area contributed by atoms with E-state index in [1.54, 1.807) is 11.3 Å². The van der Waals surface area contributed by atoms with E-state index in [0.29, 0.717) is 23.3 Å². The molecule has 27 heavy (non-hydrogen) atoms. The van der Waals surface area contributed by atoms with Crippen LogP contribution >= 0.6 is 11.3 Å². The van der Waals surface area contributed by atoms with Crippen LogP contribution in [0.25, 0.3) is 10.2 Å². The molecule has 1 aliphatic rings. The molecule has 3 aromatic rings. The summed E-state index contributed by atoms with van der Waals surface area (Å²) in [6.07, 6.45) is 4.80. The van der Waals surface area contributed by atoms with Crippen molar-refractivity contribution in [1.29, 1.82) is 0 Å². The maximum absolute atomic E-state index is 12.7. The molecule has 6 nitrogen and oxygen atoms in total. The van der Waals surface area contributed by atoms with E-state index in [1.807, 2.05) is 30.0 Å². The largest absolute Gasteiger partial charge is 0.484 e. The Morgan fingerprint density at radius 2 is 2.22 bits per heavy atom. The highest BCUT2D eigenvalue weighted by Crippen LogP contribution is 2.30. The Balaban J connectivity index is 1.39. The first-order valence-corrected chi connectivity index (χ1v) is 10.2. The number of benzene rings is 1. The molecular formula is C20H23N3O3S. The van der Waals surface area contributed by atoms with Gasteiger partial charge in [0, 0.05) is 19.2 Å². The predicted molar refractivity (Wildman–Crippen MR) is 104 cm³/mol. The number of carbonyl (C=O) groups is 1. The lowest BCUT2D eigenvalue weighted by molar-refractivity contribution is 0.0741. The van der Waals surface area contributed by atoms with E-state index in [-0.39, 0.29) is 12.5 Å². The number of ether oxygens (including phenoxy) is 1. The van der Waals surface area contributed by atoms with Crippen molar-refractivity contribution in [2.45, 2.75) is 39.7 Å².